The summed E-state index contributed by atoms with van der Waals surface area (Å²) in [5, 5.41) is 6.50. The number of hydrogen-bond acceptors (Lipinski definition) is 4. The second-order valence-corrected chi connectivity index (χ2v) is 4.87. The Kier molecular flexibility index (Phi) is 4.36. The van der Waals surface area contributed by atoms with Crippen molar-refractivity contribution in [2.45, 2.75) is 26.3 Å². The van der Waals surface area contributed by atoms with E-state index in [9.17, 15) is 14.4 Å². The number of carbonyl (C=O) groups is 1. The van der Waals surface area contributed by atoms with Crippen LogP contribution in [0.15, 0.2) is 22.0 Å². The summed E-state index contributed by atoms with van der Waals surface area (Å²) in [6.45, 7) is 2.10. The van der Waals surface area contributed by atoms with Crippen molar-refractivity contribution in [1.82, 2.24) is 25.1 Å². The lowest BCUT2D eigenvalue weighted by molar-refractivity contribution is -0.130. The van der Waals surface area contributed by atoms with Crippen LogP contribution in [0, 0.1) is 6.92 Å². The third-order valence-electron chi connectivity index (χ3n) is 3.24. The van der Waals surface area contributed by atoms with Crippen molar-refractivity contribution in [2.24, 2.45) is 0 Å². The second kappa shape index (κ2) is 6.21. The number of nitrogens with one attached hydrogen (secondary N) is 3. The molecule has 2 aromatic heterocycles. The summed E-state index contributed by atoms with van der Waals surface area (Å²) in [4.78, 5) is 41.1. The van der Waals surface area contributed by atoms with Gasteiger partial charge in [-0.2, -0.15) is 5.10 Å². The molecule has 0 fully saturated rings. The topological polar surface area (TPSA) is 115 Å². The van der Waals surface area contributed by atoms with Gasteiger partial charge in [0.15, 0.2) is 0 Å². The fraction of sp³-hybridized carbons (Fsp3) is 0.385. The minimum Gasteiger partial charge on any atom is -0.341 e. The van der Waals surface area contributed by atoms with Gasteiger partial charge in [0, 0.05) is 43.0 Å². The van der Waals surface area contributed by atoms with Gasteiger partial charge in [-0.1, -0.05) is 0 Å². The van der Waals surface area contributed by atoms with Crippen molar-refractivity contribution < 1.29 is 4.79 Å². The van der Waals surface area contributed by atoms with Crippen molar-refractivity contribution in [3.63, 3.8) is 0 Å². The molecule has 2 rings (SSSR count). The van der Waals surface area contributed by atoms with Gasteiger partial charge in [-0.3, -0.25) is 19.7 Å². The molecule has 0 bridgehead atoms. The van der Waals surface area contributed by atoms with Crippen LogP contribution in [0.1, 0.15) is 23.2 Å². The van der Waals surface area contributed by atoms with E-state index in [-0.39, 0.29) is 18.7 Å². The van der Waals surface area contributed by atoms with Crippen molar-refractivity contribution in [2.75, 3.05) is 7.05 Å². The Hall–Kier alpha value is -2.64. The van der Waals surface area contributed by atoms with Gasteiger partial charge in [-0.15, -0.1) is 0 Å². The van der Waals surface area contributed by atoms with Crippen LogP contribution >= 0.6 is 0 Å². The first-order valence-corrected chi connectivity index (χ1v) is 6.51. The van der Waals surface area contributed by atoms with E-state index in [4.69, 9.17) is 0 Å². The molecule has 2 aromatic rings. The Morgan fingerprint density at radius 2 is 2.10 bits per heavy atom. The van der Waals surface area contributed by atoms with Gasteiger partial charge in [-0.05, 0) is 13.3 Å². The van der Waals surface area contributed by atoms with Crippen LogP contribution in [0.3, 0.4) is 0 Å². The summed E-state index contributed by atoms with van der Waals surface area (Å²) in [6.07, 6.45) is 3.86. The van der Waals surface area contributed by atoms with Crippen molar-refractivity contribution >= 4 is 5.91 Å². The van der Waals surface area contributed by atoms with Crippen LogP contribution in [0.2, 0.25) is 0 Å². The Bertz CT molecular complexity index is 729. The highest BCUT2D eigenvalue weighted by Gasteiger charge is 2.13. The van der Waals surface area contributed by atoms with Crippen LogP contribution in [0.4, 0.5) is 0 Å². The summed E-state index contributed by atoms with van der Waals surface area (Å²) in [6, 6.07) is 0. The predicted molar refractivity (Wildman–Crippen MR) is 75.8 cm³/mol. The summed E-state index contributed by atoms with van der Waals surface area (Å²) in [5.41, 5.74) is 0.851. The number of rotatable bonds is 5. The first-order chi connectivity index (χ1) is 9.97. The fourth-order valence-electron chi connectivity index (χ4n) is 2.08. The largest absolute Gasteiger partial charge is 0.341 e. The molecule has 0 aromatic carbocycles. The number of H-pyrrole nitrogens is 3. The SMILES string of the molecule is Cc1[nH]c(=O)[nH]c(=O)c1CCC(=O)N(C)Cc1cn[nH]c1. The predicted octanol–water partition coefficient (Wildman–Crippen LogP) is -0.314. The number of aromatic amines is 3. The molecule has 2 heterocycles. The molecule has 0 saturated heterocycles. The van der Waals surface area contributed by atoms with E-state index in [0.29, 0.717) is 17.8 Å². The minimum atomic E-state index is -0.537. The summed E-state index contributed by atoms with van der Waals surface area (Å²) in [5.74, 6) is -0.0822. The van der Waals surface area contributed by atoms with Gasteiger partial charge in [0.05, 0.1) is 6.20 Å². The molecule has 8 nitrogen and oxygen atoms in total. The van der Waals surface area contributed by atoms with Gasteiger partial charge in [0.1, 0.15) is 0 Å². The molecular weight excluding hydrogens is 274 g/mol. The number of hydrogen-bond donors (Lipinski definition) is 3. The molecule has 0 unspecified atom stereocenters. The number of amides is 1. The smallest absolute Gasteiger partial charge is 0.325 e. The monoisotopic (exact) mass is 291 g/mol. The molecule has 21 heavy (non-hydrogen) atoms. The van der Waals surface area contributed by atoms with E-state index in [1.54, 1.807) is 31.3 Å². The van der Waals surface area contributed by atoms with Crippen LogP contribution in [0.25, 0.3) is 0 Å². The third-order valence-corrected chi connectivity index (χ3v) is 3.24. The van der Waals surface area contributed by atoms with E-state index < -0.39 is 11.2 Å². The fourth-order valence-corrected chi connectivity index (χ4v) is 2.08. The molecule has 112 valence electrons. The highest BCUT2D eigenvalue weighted by Crippen LogP contribution is 2.05. The van der Waals surface area contributed by atoms with Crippen molar-refractivity contribution in [3.8, 4) is 0 Å². The molecule has 1 amide bonds. The molecule has 0 spiro atoms. The van der Waals surface area contributed by atoms with Gasteiger partial charge in [0.25, 0.3) is 5.56 Å². The zero-order valence-electron chi connectivity index (χ0n) is 11.9. The van der Waals surface area contributed by atoms with Gasteiger partial charge < -0.3 is 9.88 Å². The molecular formula is C13H17N5O3. The average Bonchev–Trinajstić information content (AvgIpc) is 2.89. The van der Waals surface area contributed by atoms with Crippen LogP contribution in [-0.4, -0.2) is 38.0 Å². The van der Waals surface area contributed by atoms with E-state index in [1.165, 1.54) is 0 Å². The maximum atomic E-state index is 12.0. The molecule has 0 radical (unpaired) electrons. The Balaban J connectivity index is 1.98. The van der Waals surface area contributed by atoms with E-state index >= 15 is 0 Å². The zero-order valence-corrected chi connectivity index (χ0v) is 11.9. The Morgan fingerprint density at radius 1 is 1.33 bits per heavy atom. The van der Waals surface area contributed by atoms with Gasteiger partial charge >= 0.3 is 5.69 Å². The standard InChI is InChI=1S/C13H17N5O3/c1-8-10(12(20)17-13(21)16-8)3-4-11(19)18(2)7-9-5-14-15-6-9/h5-6H,3-4,7H2,1-2H3,(H,14,15)(H2,16,17,20,21). The molecule has 0 aliphatic heterocycles. The van der Waals surface area contributed by atoms with Crippen molar-refractivity contribution in [1.29, 1.82) is 0 Å². The average molecular weight is 291 g/mol. The summed E-state index contributed by atoms with van der Waals surface area (Å²) in [7, 11) is 1.69. The minimum absolute atomic E-state index is 0.0822. The number of carbonyl (C=O) groups excluding carboxylic acids is 1. The van der Waals surface area contributed by atoms with Crippen LogP contribution in [-0.2, 0) is 17.8 Å². The third kappa shape index (κ3) is 3.68. The molecule has 3 N–H and O–H groups in total. The quantitative estimate of drug-likeness (QED) is 0.700. The van der Waals surface area contributed by atoms with Crippen molar-refractivity contribution in [3.05, 3.63) is 50.1 Å². The van der Waals surface area contributed by atoms with Gasteiger partial charge in [-0.25, -0.2) is 4.79 Å². The number of nitrogens with zero attached hydrogens (tertiary/aromatic N) is 2. The number of aromatic nitrogens is 4. The Morgan fingerprint density at radius 3 is 2.71 bits per heavy atom. The highest BCUT2D eigenvalue weighted by atomic mass is 16.2. The molecule has 0 saturated carbocycles. The van der Waals surface area contributed by atoms with Crippen LogP contribution < -0.4 is 11.2 Å². The van der Waals surface area contributed by atoms with E-state index in [2.05, 4.69) is 20.2 Å². The summed E-state index contributed by atoms with van der Waals surface area (Å²) < 4.78 is 0. The first-order valence-electron chi connectivity index (χ1n) is 6.51. The van der Waals surface area contributed by atoms with Crippen LogP contribution in [0.5, 0.6) is 0 Å². The normalized spacial score (nSPS) is 10.6. The van der Waals surface area contributed by atoms with E-state index in [0.717, 1.165) is 5.56 Å². The molecule has 0 atom stereocenters. The van der Waals surface area contributed by atoms with Gasteiger partial charge in [0.2, 0.25) is 5.91 Å². The first kappa shape index (κ1) is 14.8. The number of aryl methyl sites for hydroxylation is 1. The lowest BCUT2D eigenvalue weighted by Gasteiger charge is -2.16. The Labute approximate surface area is 120 Å². The highest BCUT2D eigenvalue weighted by molar-refractivity contribution is 5.76. The lowest BCUT2D eigenvalue weighted by atomic mass is 10.1. The van der Waals surface area contributed by atoms with E-state index in [1.807, 2.05) is 0 Å². The zero-order chi connectivity index (χ0) is 15.4. The molecule has 0 aliphatic carbocycles. The summed E-state index contributed by atoms with van der Waals surface area (Å²) >= 11 is 0. The maximum absolute atomic E-state index is 12.0. The maximum Gasteiger partial charge on any atom is 0.325 e. The lowest BCUT2D eigenvalue weighted by Crippen LogP contribution is -2.30. The second-order valence-electron chi connectivity index (χ2n) is 4.87. The molecule has 0 aliphatic rings. The molecule has 8 heteroatoms.